The molecule has 1 fully saturated rings. The van der Waals surface area contributed by atoms with E-state index in [9.17, 15) is 18.5 Å². The molecule has 0 bridgehead atoms. The summed E-state index contributed by atoms with van der Waals surface area (Å²) in [7, 11) is -1.95. The van der Waals surface area contributed by atoms with E-state index in [-0.39, 0.29) is 10.6 Å². The van der Waals surface area contributed by atoms with Gasteiger partial charge in [0.25, 0.3) is 5.69 Å². The standard InChI is InChI=1S/C19H23N3O4S/c1-20(15-16-8-4-2-5-9-16)18-11-10-17(14-19(18)22(23)24)27(25,26)21-12-6-3-7-13-21/h2,4-5,8-11,14H,3,6-7,12-13,15H2,1H3. The fourth-order valence-electron chi connectivity index (χ4n) is 3.33. The fraction of sp³-hybridized carbons (Fsp3) is 0.368. The highest BCUT2D eigenvalue weighted by Crippen LogP contribution is 2.32. The number of piperidine rings is 1. The number of hydrogen-bond donors (Lipinski definition) is 0. The van der Waals surface area contributed by atoms with E-state index in [1.54, 1.807) is 11.9 Å². The first kappa shape index (κ1) is 19.3. The molecular formula is C19H23N3O4S. The van der Waals surface area contributed by atoms with Crippen LogP contribution in [0.1, 0.15) is 24.8 Å². The van der Waals surface area contributed by atoms with Crippen LogP contribution in [0, 0.1) is 10.1 Å². The lowest BCUT2D eigenvalue weighted by Crippen LogP contribution is -2.35. The van der Waals surface area contributed by atoms with Crippen molar-refractivity contribution in [1.29, 1.82) is 0 Å². The zero-order valence-corrected chi connectivity index (χ0v) is 16.1. The van der Waals surface area contributed by atoms with Gasteiger partial charge in [-0.15, -0.1) is 0 Å². The second-order valence-electron chi connectivity index (χ2n) is 6.71. The highest BCUT2D eigenvalue weighted by Gasteiger charge is 2.29. The van der Waals surface area contributed by atoms with Gasteiger partial charge in [-0.1, -0.05) is 36.8 Å². The van der Waals surface area contributed by atoms with E-state index in [0.717, 1.165) is 24.8 Å². The Morgan fingerprint density at radius 2 is 1.74 bits per heavy atom. The van der Waals surface area contributed by atoms with E-state index in [4.69, 9.17) is 0 Å². The van der Waals surface area contributed by atoms with E-state index < -0.39 is 14.9 Å². The first-order valence-corrected chi connectivity index (χ1v) is 10.4. The minimum atomic E-state index is -3.71. The van der Waals surface area contributed by atoms with Gasteiger partial charge >= 0.3 is 0 Å². The maximum absolute atomic E-state index is 12.8. The van der Waals surface area contributed by atoms with Crippen LogP contribution in [0.2, 0.25) is 0 Å². The first-order chi connectivity index (χ1) is 12.9. The van der Waals surface area contributed by atoms with Gasteiger partial charge in [0.05, 0.1) is 9.82 Å². The predicted molar refractivity (Wildman–Crippen MR) is 104 cm³/mol. The molecule has 0 atom stereocenters. The second-order valence-corrected chi connectivity index (χ2v) is 8.65. The molecule has 0 amide bonds. The van der Waals surface area contributed by atoms with Crippen molar-refractivity contribution in [1.82, 2.24) is 4.31 Å². The van der Waals surface area contributed by atoms with Crippen molar-refractivity contribution in [3.63, 3.8) is 0 Å². The topological polar surface area (TPSA) is 83.8 Å². The van der Waals surface area contributed by atoms with Crippen LogP contribution in [0.4, 0.5) is 11.4 Å². The summed E-state index contributed by atoms with van der Waals surface area (Å²) in [5.74, 6) is 0. The average molecular weight is 389 g/mol. The zero-order valence-electron chi connectivity index (χ0n) is 15.2. The largest absolute Gasteiger partial charge is 0.365 e. The summed E-state index contributed by atoms with van der Waals surface area (Å²) in [4.78, 5) is 12.8. The Morgan fingerprint density at radius 1 is 1.07 bits per heavy atom. The van der Waals surface area contributed by atoms with E-state index in [1.807, 2.05) is 30.3 Å². The molecule has 1 saturated heterocycles. The molecule has 7 nitrogen and oxygen atoms in total. The molecule has 0 saturated carbocycles. The Balaban J connectivity index is 1.92. The lowest BCUT2D eigenvalue weighted by atomic mass is 10.2. The third-order valence-electron chi connectivity index (χ3n) is 4.77. The monoisotopic (exact) mass is 389 g/mol. The van der Waals surface area contributed by atoms with E-state index in [0.29, 0.717) is 25.3 Å². The second kappa shape index (κ2) is 8.06. The Bertz CT molecular complexity index is 910. The maximum atomic E-state index is 12.8. The van der Waals surface area contributed by atoms with Crippen LogP contribution in [0.3, 0.4) is 0 Å². The number of benzene rings is 2. The van der Waals surface area contributed by atoms with Crippen molar-refractivity contribution in [2.24, 2.45) is 0 Å². The predicted octanol–water partition coefficient (Wildman–Crippen LogP) is 3.41. The molecule has 2 aromatic carbocycles. The number of nitro groups is 1. The van der Waals surface area contributed by atoms with Crippen molar-refractivity contribution < 1.29 is 13.3 Å². The highest BCUT2D eigenvalue weighted by atomic mass is 32.2. The number of nitrogens with zero attached hydrogens (tertiary/aromatic N) is 3. The van der Waals surface area contributed by atoms with Gasteiger partial charge in [0.2, 0.25) is 10.0 Å². The van der Waals surface area contributed by atoms with E-state index >= 15 is 0 Å². The van der Waals surface area contributed by atoms with Crippen LogP contribution in [0.5, 0.6) is 0 Å². The molecule has 0 aromatic heterocycles. The van der Waals surface area contributed by atoms with Crippen molar-refractivity contribution in [2.45, 2.75) is 30.7 Å². The molecule has 1 heterocycles. The van der Waals surface area contributed by atoms with Crippen molar-refractivity contribution >= 4 is 21.4 Å². The smallest absolute Gasteiger partial charge is 0.293 e. The van der Waals surface area contributed by atoms with Gasteiger partial charge in [-0.3, -0.25) is 10.1 Å². The molecule has 0 aliphatic carbocycles. The van der Waals surface area contributed by atoms with Crippen molar-refractivity contribution in [3.8, 4) is 0 Å². The maximum Gasteiger partial charge on any atom is 0.293 e. The Morgan fingerprint density at radius 3 is 2.37 bits per heavy atom. The van der Waals surface area contributed by atoms with Crippen LogP contribution in [0.15, 0.2) is 53.4 Å². The van der Waals surface area contributed by atoms with Crippen molar-refractivity contribution in [3.05, 3.63) is 64.2 Å². The molecule has 0 unspecified atom stereocenters. The minimum Gasteiger partial charge on any atom is -0.365 e. The first-order valence-electron chi connectivity index (χ1n) is 8.93. The zero-order chi connectivity index (χ0) is 19.4. The summed E-state index contributed by atoms with van der Waals surface area (Å²) in [6.07, 6.45) is 2.65. The Labute approximate surface area is 159 Å². The lowest BCUT2D eigenvalue weighted by Gasteiger charge is -2.26. The normalized spacial score (nSPS) is 15.4. The summed E-state index contributed by atoms with van der Waals surface area (Å²) in [6, 6.07) is 13.8. The Kier molecular flexibility index (Phi) is 5.76. The molecule has 0 spiro atoms. The molecule has 144 valence electrons. The number of rotatable bonds is 6. The van der Waals surface area contributed by atoms with Crippen molar-refractivity contribution in [2.75, 3.05) is 25.0 Å². The average Bonchev–Trinajstić information content (AvgIpc) is 2.69. The van der Waals surface area contributed by atoms with Gasteiger partial charge < -0.3 is 4.90 Å². The third-order valence-corrected chi connectivity index (χ3v) is 6.66. The van der Waals surface area contributed by atoms with Gasteiger partial charge in [0, 0.05) is 32.7 Å². The molecule has 0 radical (unpaired) electrons. The van der Waals surface area contributed by atoms with Crippen LogP contribution in [0.25, 0.3) is 0 Å². The van der Waals surface area contributed by atoms with Crippen LogP contribution >= 0.6 is 0 Å². The van der Waals surface area contributed by atoms with E-state index in [1.165, 1.54) is 22.5 Å². The number of hydrogen-bond acceptors (Lipinski definition) is 5. The molecule has 27 heavy (non-hydrogen) atoms. The molecular weight excluding hydrogens is 366 g/mol. The summed E-state index contributed by atoms with van der Waals surface area (Å²) in [5.41, 5.74) is 1.20. The Hall–Kier alpha value is -2.45. The molecule has 1 aliphatic heterocycles. The molecule has 1 aliphatic rings. The van der Waals surface area contributed by atoms with E-state index in [2.05, 4.69) is 0 Å². The van der Waals surface area contributed by atoms with Gasteiger partial charge in [-0.05, 0) is 30.5 Å². The quantitative estimate of drug-likeness (QED) is 0.558. The number of anilines is 1. The SMILES string of the molecule is CN(Cc1ccccc1)c1ccc(S(=O)(=O)N2CCCCC2)cc1[N+](=O)[O-]. The third kappa shape index (κ3) is 4.28. The molecule has 2 aromatic rings. The van der Waals surface area contributed by atoms with Gasteiger partial charge in [0.15, 0.2) is 0 Å². The van der Waals surface area contributed by atoms with Gasteiger partial charge in [0.1, 0.15) is 5.69 Å². The van der Waals surface area contributed by atoms with Gasteiger partial charge in [-0.2, -0.15) is 4.31 Å². The molecule has 8 heteroatoms. The number of nitro benzene ring substituents is 1. The highest BCUT2D eigenvalue weighted by molar-refractivity contribution is 7.89. The summed E-state index contributed by atoms with van der Waals surface area (Å²) >= 11 is 0. The summed E-state index contributed by atoms with van der Waals surface area (Å²) in [6.45, 7) is 1.41. The minimum absolute atomic E-state index is 0.0204. The lowest BCUT2D eigenvalue weighted by molar-refractivity contribution is -0.384. The van der Waals surface area contributed by atoms with Gasteiger partial charge in [-0.25, -0.2) is 8.42 Å². The summed E-state index contributed by atoms with van der Waals surface area (Å²) < 4.78 is 27.1. The van der Waals surface area contributed by atoms with Crippen LogP contribution in [-0.4, -0.2) is 37.8 Å². The molecule has 0 N–H and O–H groups in total. The van der Waals surface area contributed by atoms with Crippen LogP contribution in [-0.2, 0) is 16.6 Å². The van der Waals surface area contributed by atoms with Crippen LogP contribution < -0.4 is 4.90 Å². The molecule has 3 rings (SSSR count). The summed E-state index contributed by atoms with van der Waals surface area (Å²) in [5, 5.41) is 11.6. The number of sulfonamides is 1. The fourth-order valence-corrected chi connectivity index (χ4v) is 4.87.